The van der Waals surface area contributed by atoms with Crippen LogP contribution in [0.15, 0.2) is 24.3 Å². The summed E-state index contributed by atoms with van der Waals surface area (Å²) < 4.78 is 33.9. The molecule has 0 fully saturated rings. The van der Waals surface area contributed by atoms with Crippen LogP contribution in [0, 0.1) is 10.5 Å². The molecule has 0 saturated heterocycles. The number of benzene rings is 1. The van der Waals surface area contributed by atoms with E-state index < -0.39 is 32.0 Å². The molecule has 0 heterocycles. The van der Waals surface area contributed by atoms with Gasteiger partial charge in [0.15, 0.2) is 0 Å². The van der Waals surface area contributed by atoms with Crippen LogP contribution in [-0.4, -0.2) is 13.0 Å². The molecule has 74 valence electrons. The van der Waals surface area contributed by atoms with Crippen molar-refractivity contribution in [3.05, 3.63) is 33.4 Å². The Morgan fingerprint density at radius 2 is 1.85 bits per heavy atom. The molecule has 1 N–H and O–H groups in total. The fourth-order valence-corrected chi connectivity index (χ4v) is 2.77. The summed E-state index contributed by atoms with van der Waals surface area (Å²) >= 11 is -1.11. The van der Waals surface area contributed by atoms with E-state index in [-0.39, 0.29) is 0 Å². The molecule has 1 aromatic rings. The summed E-state index contributed by atoms with van der Waals surface area (Å²) in [4.78, 5) is 0. The third kappa shape index (κ3) is 4.55. The third-order valence-corrected chi connectivity index (χ3v) is 4.56. The first-order valence-electron chi connectivity index (χ1n) is 3.35. The van der Waals surface area contributed by atoms with Crippen LogP contribution in [0.25, 0.3) is 0 Å². The quantitative estimate of drug-likeness (QED) is 0.517. The molecule has 0 unspecified atom stereocenters. The third-order valence-electron chi connectivity index (χ3n) is 1.21. The second-order valence-corrected chi connectivity index (χ2v) is 6.11. The molecule has 0 radical (unpaired) electrons. The van der Waals surface area contributed by atoms with Crippen LogP contribution in [0.3, 0.4) is 0 Å². The SMILES string of the molecule is Cc1ccc([I-]OS(=O)(=O)O)cc1. The van der Waals surface area contributed by atoms with Gasteiger partial charge in [-0.2, -0.15) is 0 Å². The van der Waals surface area contributed by atoms with Gasteiger partial charge in [0.25, 0.3) is 0 Å². The fourth-order valence-electron chi connectivity index (χ4n) is 0.661. The van der Waals surface area contributed by atoms with Gasteiger partial charge in [-0.3, -0.25) is 0 Å². The van der Waals surface area contributed by atoms with Crippen molar-refractivity contribution in [2.75, 3.05) is 0 Å². The Balaban J connectivity index is 2.61. The van der Waals surface area contributed by atoms with Gasteiger partial charge in [-0.05, 0) is 0 Å². The normalized spacial score (nSPS) is 11.8. The molecule has 4 nitrogen and oxygen atoms in total. The van der Waals surface area contributed by atoms with Gasteiger partial charge in [-0.15, -0.1) is 0 Å². The number of hydrogen-bond acceptors (Lipinski definition) is 3. The van der Waals surface area contributed by atoms with Crippen molar-refractivity contribution in [1.29, 1.82) is 0 Å². The Hall–Kier alpha value is -0.180. The monoisotopic (exact) mass is 315 g/mol. The topological polar surface area (TPSA) is 63.6 Å². The molecule has 0 aliphatic carbocycles. The second-order valence-electron chi connectivity index (χ2n) is 2.36. The minimum absolute atomic E-state index is 0.807. The van der Waals surface area contributed by atoms with Crippen LogP contribution in [0.1, 0.15) is 5.56 Å². The summed E-state index contributed by atoms with van der Waals surface area (Å²) in [6.45, 7) is 1.94. The summed E-state index contributed by atoms with van der Waals surface area (Å²) in [5.41, 5.74) is 1.10. The van der Waals surface area contributed by atoms with Crippen molar-refractivity contribution in [2.24, 2.45) is 0 Å². The molecular formula is C7H8IO4S-. The predicted octanol–water partition coefficient (Wildman–Crippen LogP) is -2.01. The Morgan fingerprint density at radius 1 is 1.31 bits per heavy atom. The van der Waals surface area contributed by atoms with E-state index >= 15 is 0 Å². The number of rotatable bonds is 3. The van der Waals surface area contributed by atoms with Crippen molar-refractivity contribution in [3.63, 3.8) is 0 Å². The summed E-state index contributed by atoms with van der Waals surface area (Å²) in [5.74, 6) is 0. The molecule has 0 bridgehead atoms. The van der Waals surface area contributed by atoms with Gasteiger partial charge >= 0.3 is 87.8 Å². The van der Waals surface area contributed by atoms with Crippen molar-refractivity contribution < 1.29 is 37.1 Å². The average Bonchev–Trinajstić information content (AvgIpc) is 2.02. The number of aryl methyl sites for hydroxylation is 1. The Morgan fingerprint density at radius 3 is 2.31 bits per heavy atom. The number of halogens is 1. The van der Waals surface area contributed by atoms with E-state index in [0.29, 0.717) is 0 Å². The van der Waals surface area contributed by atoms with Gasteiger partial charge in [0.05, 0.1) is 0 Å². The van der Waals surface area contributed by atoms with Gasteiger partial charge in [-0.25, -0.2) is 0 Å². The molecule has 0 aliphatic rings. The molecule has 0 atom stereocenters. The molecule has 0 amide bonds. The molecular weight excluding hydrogens is 307 g/mol. The Kier molecular flexibility index (Phi) is 3.65. The first-order valence-corrected chi connectivity index (χ1v) is 6.67. The average molecular weight is 315 g/mol. The summed E-state index contributed by atoms with van der Waals surface area (Å²) in [6.07, 6.45) is 0. The maximum atomic E-state index is 10.2. The van der Waals surface area contributed by atoms with Crippen LogP contribution < -0.4 is 21.6 Å². The Bertz CT molecular complexity index is 370. The molecule has 0 aromatic heterocycles. The van der Waals surface area contributed by atoms with Crippen molar-refractivity contribution in [2.45, 2.75) is 6.92 Å². The molecule has 13 heavy (non-hydrogen) atoms. The van der Waals surface area contributed by atoms with Crippen LogP contribution in [0.4, 0.5) is 0 Å². The fraction of sp³-hybridized carbons (Fsp3) is 0.143. The van der Waals surface area contributed by atoms with E-state index in [0.717, 1.165) is 9.13 Å². The van der Waals surface area contributed by atoms with E-state index in [1.807, 2.05) is 19.1 Å². The van der Waals surface area contributed by atoms with Gasteiger partial charge in [0, 0.05) is 0 Å². The minimum atomic E-state index is -4.28. The van der Waals surface area contributed by atoms with Gasteiger partial charge in [-0.1, -0.05) is 0 Å². The van der Waals surface area contributed by atoms with Gasteiger partial charge in [0.2, 0.25) is 0 Å². The molecule has 6 heteroatoms. The van der Waals surface area contributed by atoms with E-state index in [1.54, 1.807) is 12.1 Å². The molecule has 1 rings (SSSR count). The zero-order valence-corrected chi connectivity index (χ0v) is 9.74. The zero-order chi connectivity index (χ0) is 9.90. The van der Waals surface area contributed by atoms with Crippen LogP contribution in [0.5, 0.6) is 0 Å². The predicted molar refractivity (Wildman–Crippen MR) is 42.5 cm³/mol. The van der Waals surface area contributed by atoms with Crippen molar-refractivity contribution >= 4 is 10.4 Å². The summed E-state index contributed by atoms with van der Waals surface area (Å²) in [7, 11) is -4.28. The first-order chi connectivity index (χ1) is 5.97. The Labute approximate surface area is 87.7 Å². The summed E-state index contributed by atoms with van der Waals surface area (Å²) in [5, 5.41) is 0. The standard InChI is InChI=1S/C7H8IO4S/c1-6-2-4-7(5-3-6)8-12-13(9,10)11/h2-5H,1H3,(H,9,10,11)/q-1. The van der Waals surface area contributed by atoms with E-state index in [9.17, 15) is 8.42 Å². The van der Waals surface area contributed by atoms with Crippen LogP contribution in [0.2, 0.25) is 0 Å². The van der Waals surface area contributed by atoms with Crippen molar-refractivity contribution in [3.8, 4) is 0 Å². The molecule has 0 aliphatic heterocycles. The first kappa shape index (κ1) is 10.9. The maximum absolute atomic E-state index is 10.2. The zero-order valence-electron chi connectivity index (χ0n) is 6.77. The van der Waals surface area contributed by atoms with Crippen molar-refractivity contribution in [1.82, 2.24) is 0 Å². The number of hydrogen-bond donors (Lipinski definition) is 1. The molecule has 0 saturated carbocycles. The molecule has 1 aromatic carbocycles. The van der Waals surface area contributed by atoms with E-state index in [2.05, 4.69) is 2.51 Å². The van der Waals surface area contributed by atoms with Crippen LogP contribution >= 0.6 is 0 Å². The van der Waals surface area contributed by atoms with Gasteiger partial charge in [0.1, 0.15) is 0 Å². The molecule has 0 spiro atoms. The summed E-state index contributed by atoms with van der Waals surface area (Å²) in [6, 6.07) is 7.30. The second kappa shape index (κ2) is 4.36. The van der Waals surface area contributed by atoms with E-state index in [4.69, 9.17) is 4.55 Å². The van der Waals surface area contributed by atoms with Gasteiger partial charge < -0.3 is 0 Å². The van der Waals surface area contributed by atoms with E-state index in [1.165, 1.54) is 0 Å². The van der Waals surface area contributed by atoms with Crippen LogP contribution in [-0.2, 0) is 12.9 Å².